The number of esters is 1. The van der Waals surface area contributed by atoms with Crippen LogP contribution in [-0.4, -0.2) is 35.9 Å². The van der Waals surface area contributed by atoms with Crippen molar-refractivity contribution >= 4 is 35.3 Å². The molecule has 0 fully saturated rings. The van der Waals surface area contributed by atoms with Gasteiger partial charge in [0, 0.05) is 6.42 Å². The van der Waals surface area contributed by atoms with Gasteiger partial charge >= 0.3 is 12.1 Å². The van der Waals surface area contributed by atoms with Gasteiger partial charge in [-0.05, 0) is 38.5 Å². The topological polar surface area (TPSA) is 84.9 Å². The van der Waals surface area contributed by atoms with E-state index in [9.17, 15) is 14.7 Å². The maximum atomic E-state index is 11.8. The molecule has 1 atom stereocenters. The first-order valence-corrected chi connectivity index (χ1v) is 7.53. The average Bonchev–Trinajstić information content (AvgIpc) is 2.41. The molecular formula is C15H19Cl2NO5. The van der Waals surface area contributed by atoms with Crippen LogP contribution < -0.4 is 5.32 Å². The minimum absolute atomic E-state index is 0.0494. The summed E-state index contributed by atoms with van der Waals surface area (Å²) in [6.07, 6.45) is -0.671. The molecule has 0 aliphatic rings. The van der Waals surface area contributed by atoms with Gasteiger partial charge in [-0.2, -0.15) is 0 Å². The van der Waals surface area contributed by atoms with Gasteiger partial charge < -0.3 is 19.9 Å². The zero-order valence-electron chi connectivity index (χ0n) is 13.3. The van der Waals surface area contributed by atoms with E-state index < -0.39 is 23.7 Å². The number of methoxy groups -OCH3 is 1. The molecule has 1 aromatic carbocycles. The Labute approximate surface area is 144 Å². The average molecular weight is 364 g/mol. The third-order valence-corrected chi connectivity index (χ3v) is 3.27. The van der Waals surface area contributed by atoms with Crippen molar-refractivity contribution in [1.82, 2.24) is 5.32 Å². The van der Waals surface area contributed by atoms with E-state index in [1.807, 2.05) is 0 Å². The minimum Gasteiger partial charge on any atom is -0.505 e. The fourth-order valence-electron chi connectivity index (χ4n) is 1.76. The highest BCUT2D eigenvalue weighted by atomic mass is 35.5. The molecule has 0 aliphatic heterocycles. The minimum atomic E-state index is -0.980. The van der Waals surface area contributed by atoms with Crippen LogP contribution in [-0.2, 0) is 20.7 Å². The molecule has 2 N–H and O–H groups in total. The van der Waals surface area contributed by atoms with Gasteiger partial charge in [-0.15, -0.1) is 0 Å². The summed E-state index contributed by atoms with van der Waals surface area (Å²) < 4.78 is 9.79. The molecule has 0 saturated carbocycles. The Morgan fingerprint density at radius 2 is 1.78 bits per heavy atom. The van der Waals surface area contributed by atoms with E-state index in [4.69, 9.17) is 27.9 Å². The highest BCUT2D eigenvalue weighted by Crippen LogP contribution is 2.33. The fraction of sp³-hybridized carbons (Fsp3) is 0.467. The lowest BCUT2D eigenvalue weighted by molar-refractivity contribution is -0.143. The molecule has 0 spiro atoms. The van der Waals surface area contributed by atoms with Crippen molar-refractivity contribution in [2.75, 3.05) is 7.11 Å². The van der Waals surface area contributed by atoms with Crippen molar-refractivity contribution in [1.29, 1.82) is 0 Å². The summed E-state index contributed by atoms with van der Waals surface area (Å²) in [4.78, 5) is 23.7. The Morgan fingerprint density at radius 1 is 1.26 bits per heavy atom. The lowest BCUT2D eigenvalue weighted by Crippen LogP contribution is -2.45. The van der Waals surface area contributed by atoms with Crippen LogP contribution >= 0.6 is 23.2 Å². The van der Waals surface area contributed by atoms with Gasteiger partial charge in [0.15, 0.2) is 5.75 Å². The summed E-state index contributed by atoms with van der Waals surface area (Å²) in [6, 6.07) is 1.93. The van der Waals surface area contributed by atoms with Gasteiger partial charge in [-0.25, -0.2) is 9.59 Å². The molecule has 0 aliphatic carbocycles. The quantitative estimate of drug-likeness (QED) is 0.801. The monoisotopic (exact) mass is 363 g/mol. The molecule has 0 radical (unpaired) electrons. The Hall–Kier alpha value is -1.66. The number of phenols is 1. The largest absolute Gasteiger partial charge is 0.505 e. The number of halogens is 2. The second-order valence-electron chi connectivity index (χ2n) is 5.83. The van der Waals surface area contributed by atoms with Crippen LogP contribution in [0.1, 0.15) is 26.3 Å². The Balaban J connectivity index is 2.92. The Kier molecular flexibility index (Phi) is 6.53. The molecule has 1 rings (SSSR count). The second kappa shape index (κ2) is 7.75. The van der Waals surface area contributed by atoms with E-state index in [1.54, 1.807) is 20.8 Å². The van der Waals surface area contributed by atoms with E-state index in [0.717, 1.165) is 0 Å². The Bertz CT molecular complexity index is 575. The summed E-state index contributed by atoms with van der Waals surface area (Å²) in [7, 11) is 1.21. The molecule has 0 saturated heterocycles. The lowest BCUT2D eigenvalue weighted by Gasteiger charge is -2.22. The van der Waals surface area contributed by atoms with Gasteiger partial charge in [0.25, 0.3) is 0 Å². The summed E-state index contributed by atoms with van der Waals surface area (Å²) in [5.74, 6) is -0.886. The van der Waals surface area contributed by atoms with Gasteiger partial charge in [0.05, 0.1) is 17.2 Å². The van der Waals surface area contributed by atoms with Crippen LogP contribution in [0.3, 0.4) is 0 Å². The number of hydrogen-bond acceptors (Lipinski definition) is 5. The molecule has 6 nitrogen and oxygen atoms in total. The first-order valence-electron chi connectivity index (χ1n) is 6.77. The standard InChI is InChI=1S/C15H19Cl2NO5/c1-15(2,3)23-14(21)18-11(13(20)22-4)7-8-5-9(16)12(19)10(17)6-8/h5-6,11,19H,7H2,1-4H3,(H,18,21). The number of nitrogens with one attached hydrogen (secondary N) is 1. The summed E-state index contributed by atoms with van der Waals surface area (Å²) in [6.45, 7) is 5.12. The van der Waals surface area contributed by atoms with E-state index in [1.165, 1.54) is 19.2 Å². The maximum Gasteiger partial charge on any atom is 0.408 e. The summed E-state index contributed by atoms with van der Waals surface area (Å²) in [5, 5.41) is 12.1. The number of aromatic hydroxyl groups is 1. The molecular weight excluding hydrogens is 345 g/mol. The van der Waals surface area contributed by atoms with Crippen molar-refractivity contribution in [3.8, 4) is 5.75 Å². The number of benzene rings is 1. The molecule has 23 heavy (non-hydrogen) atoms. The smallest absolute Gasteiger partial charge is 0.408 e. The maximum absolute atomic E-state index is 11.8. The highest BCUT2D eigenvalue weighted by Gasteiger charge is 2.25. The first-order chi connectivity index (χ1) is 10.5. The van der Waals surface area contributed by atoms with Crippen LogP contribution in [0.4, 0.5) is 4.79 Å². The molecule has 1 unspecified atom stereocenters. The number of amides is 1. The number of ether oxygens (including phenoxy) is 2. The normalized spacial score (nSPS) is 12.4. The summed E-state index contributed by atoms with van der Waals surface area (Å²) in [5.41, 5.74) is -0.153. The van der Waals surface area contributed by atoms with Crippen molar-refractivity contribution < 1.29 is 24.2 Å². The Morgan fingerprint density at radius 3 is 2.22 bits per heavy atom. The summed E-state index contributed by atoms with van der Waals surface area (Å²) >= 11 is 11.7. The van der Waals surface area contributed by atoms with Crippen LogP contribution in [0.25, 0.3) is 0 Å². The van der Waals surface area contributed by atoms with E-state index in [2.05, 4.69) is 10.1 Å². The number of hydrogen-bond donors (Lipinski definition) is 2. The van der Waals surface area contributed by atoms with Crippen molar-refractivity contribution in [2.24, 2.45) is 0 Å². The van der Waals surface area contributed by atoms with Crippen LogP contribution in [0.5, 0.6) is 5.75 Å². The molecule has 128 valence electrons. The van der Waals surface area contributed by atoms with Gasteiger partial charge in [0.1, 0.15) is 11.6 Å². The van der Waals surface area contributed by atoms with E-state index in [-0.39, 0.29) is 22.2 Å². The number of phenolic OH excluding ortho intramolecular Hbond substituents is 1. The van der Waals surface area contributed by atoms with Crippen molar-refractivity contribution in [2.45, 2.75) is 38.8 Å². The van der Waals surface area contributed by atoms with Gasteiger partial charge in [-0.3, -0.25) is 0 Å². The van der Waals surface area contributed by atoms with Crippen LogP contribution in [0.2, 0.25) is 10.0 Å². The number of carbonyl (C=O) groups is 2. The predicted octanol–water partition coefficient (Wildman–Crippen LogP) is 3.31. The van der Waals surface area contributed by atoms with Crippen LogP contribution in [0.15, 0.2) is 12.1 Å². The first kappa shape index (κ1) is 19.4. The number of alkyl carbamates (subject to hydrolysis) is 1. The van der Waals surface area contributed by atoms with Crippen LogP contribution in [0, 0.1) is 0 Å². The third kappa shape index (κ3) is 6.15. The SMILES string of the molecule is COC(=O)C(Cc1cc(Cl)c(O)c(Cl)c1)NC(=O)OC(C)(C)C. The third-order valence-electron chi connectivity index (χ3n) is 2.69. The zero-order valence-corrected chi connectivity index (χ0v) is 14.8. The second-order valence-corrected chi connectivity index (χ2v) is 6.65. The highest BCUT2D eigenvalue weighted by molar-refractivity contribution is 6.37. The van der Waals surface area contributed by atoms with E-state index in [0.29, 0.717) is 5.56 Å². The fourth-order valence-corrected chi connectivity index (χ4v) is 2.29. The zero-order chi connectivity index (χ0) is 17.8. The number of rotatable bonds is 4. The number of carbonyl (C=O) groups excluding carboxylic acids is 2. The molecule has 0 bridgehead atoms. The lowest BCUT2D eigenvalue weighted by atomic mass is 10.1. The predicted molar refractivity (Wildman–Crippen MR) is 87.0 cm³/mol. The van der Waals surface area contributed by atoms with Crippen molar-refractivity contribution in [3.63, 3.8) is 0 Å². The van der Waals surface area contributed by atoms with Gasteiger partial charge in [0.2, 0.25) is 0 Å². The molecule has 1 aromatic rings. The van der Waals surface area contributed by atoms with Crippen molar-refractivity contribution in [3.05, 3.63) is 27.7 Å². The van der Waals surface area contributed by atoms with Gasteiger partial charge in [-0.1, -0.05) is 23.2 Å². The molecule has 1 amide bonds. The van der Waals surface area contributed by atoms with E-state index >= 15 is 0 Å². The molecule has 0 heterocycles. The molecule has 0 aromatic heterocycles. The molecule has 8 heteroatoms.